The fourth-order valence-corrected chi connectivity index (χ4v) is 3.46. The van der Waals surface area contributed by atoms with Crippen molar-refractivity contribution in [1.29, 1.82) is 0 Å². The average molecular weight is 360 g/mol. The molecular formula is C19H28N4O3. The first-order chi connectivity index (χ1) is 12.4. The standard InChI is InChI=1S/C19H28N4O3/c1-5-25-15-9-10-23-16(12-15)21-22-17(23)13-7-6-8-14(11-13)20-18(24)26-19(2,3)4/h9-10,12-14H,5-8,11H2,1-4H3,(H,20,24)/t13-,14+/m0/s1. The molecule has 1 N–H and O–H groups in total. The number of carbonyl (C=O) groups is 1. The summed E-state index contributed by atoms with van der Waals surface area (Å²) in [4.78, 5) is 12.1. The predicted molar refractivity (Wildman–Crippen MR) is 98.5 cm³/mol. The molecule has 2 aromatic heterocycles. The van der Waals surface area contributed by atoms with Gasteiger partial charge in [-0.05, 0) is 53.0 Å². The molecule has 7 nitrogen and oxygen atoms in total. The van der Waals surface area contributed by atoms with Crippen LogP contribution in [-0.2, 0) is 4.74 Å². The summed E-state index contributed by atoms with van der Waals surface area (Å²) in [7, 11) is 0. The molecule has 1 saturated carbocycles. The number of hydrogen-bond donors (Lipinski definition) is 1. The third kappa shape index (κ3) is 4.45. The Morgan fingerprint density at radius 3 is 2.88 bits per heavy atom. The molecule has 142 valence electrons. The molecule has 0 saturated heterocycles. The second-order valence-corrected chi connectivity index (χ2v) is 7.79. The summed E-state index contributed by atoms with van der Waals surface area (Å²) in [6.45, 7) is 8.19. The number of rotatable bonds is 4. The van der Waals surface area contributed by atoms with Crippen LogP contribution in [0.1, 0.15) is 65.1 Å². The zero-order valence-corrected chi connectivity index (χ0v) is 16.0. The molecule has 1 aliphatic rings. The molecule has 0 aromatic carbocycles. The first-order valence-electron chi connectivity index (χ1n) is 9.32. The molecule has 1 aliphatic carbocycles. The van der Waals surface area contributed by atoms with Gasteiger partial charge in [-0.25, -0.2) is 4.79 Å². The van der Waals surface area contributed by atoms with Gasteiger partial charge in [-0.15, -0.1) is 10.2 Å². The molecule has 2 heterocycles. The number of alkyl carbamates (subject to hydrolysis) is 1. The first kappa shape index (κ1) is 18.5. The van der Waals surface area contributed by atoms with E-state index in [1.807, 2.05) is 50.4 Å². The molecule has 3 rings (SSSR count). The van der Waals surface area contributed by atoms with Gasteiger partial charge in [-0.3, -0.25) is 4.40 Å². The minimum absolute atomic E-state index is 0.0960. The molecule has 2 aromatic rings. The van der Waals surface area contributed by atoms with Crippen molar-refractivity contribution in [3.63, 3.8) is 0 Å². The van der Waals surface area contributed by atoms with Crippen molar-refractivity contribution in [2.75, 3.05) is 6.61 Å². The summed E-state index contributed by atoms with van der Waals surface area (Å²) in [6.07, 6.45) is 5.49. The second kappa shape index (κ2) is 7.51. The smallest absolute Gasteiger partial charge is 0.407 e. The number of nitrogens with zero attached hydrogens (tertiary/aromatic N) is 3. The van der Waals surface area contributed by atoms with Gasteiger partial charge in [0.2, 0.25) is 0 Å². The van der Waals surface area contributed by atoms with Crippen molar-refractivity contribution in [2.45, 2.75) is 70.9 Å². The van der Waals surface area contributed by atoms with Gasteiger partial charge < -0.3 is 14.8 Å². The van der Waals surface area contributed by atoms with Gasteiger partial charge in [-0.2, -0.15) is 0 Å². The lowest BCUT2D eigenvalue weighted by Crippen LogP contribution is -2.41. The lowest BCUT2D eigenvalue weighted by atomic mass is 9.85. The Hall–Kier alpha value is -2.31. The van der Waals surface area contributed by atoms with E-state index >= 15 is 0 Å². The molecule has 26 heavy (non-hydrogen) atoms. The molecule has 0 unspecified atom stereocenters. The minimum atomic E-state index is -0.486. The lowest BCUT2D eigenvalue weighted by Gasteiger charge is -2.29. The van der Waals surface area contributed by atoms with Gasteiger partial charge in [0, 0.05) is 24.2 Å². The summed E-state index contributed by atoms with van der Waals surface area (Å²) in [5.74, 6) is 2.00. The number of hydrogen-bond acceptors (Lipinski definition) is 5. The summed E-state index contributed by atoms with van der Waals surface area (Å²) >= 11 is 0. The summed E-state index contributed by atoms with van der Waals surface area (Å²) in [6, 6.07) is 3.93. The Balaban J connectivity index is 1.69. The van der Waals surface area contributed by atoms with Gasteiger partial charge in [0.25, 0.3) is 0 Å². The van der Waals surface area contributed by atoms with Crippen LogP contribution < -0.4 is 10.1 Å². The van der Waals surface area contributed by atoms with Crippen molar-refractivity contribution in [1.82, 2.24) is 19.9 Å². The van der Waals surface area contributed by atoms with E-state index in [1.165, 1.54) is 0 Å². The van der Waals surface area contributed by atoms with Crippen LogP contribution in [0.25, 0.3) is 5.65 Å². The van der Waals surface area contributed by atoms with Gasteiger partial charge >= 0.3 is 6.09 Å². The average Bonchev–Trinajstić information content (AvgIpc) is 2.96. The van der Waals surface area contributed by atoms with Crippen LogP contribution in [0.3, 0.4) is 0 Å². The van der Waals surface area contributed by atoms with E-state index < -0.39 is 5.60 Å². The Labute approximate surface area is 154 Å². The molecule has 0 aliphatic heterocycles. The number of aromatic nitrogens is 3. The maximum atomic E-state index is 12.1. The molecule has 0 radical (unpaired) electrons. The van der Waals surface area contributed by atoms with Crippen molar-refractivity contribution >= 4 is 11.7 Å². The molecule has 1 fully saturated rings. The van der Waals surface area contributed by atoms with Crippen molar-refractivity contribution in [2.24, 2.45) is 0 Å². The first-order valence-corrected chi connectivity index (χ1v) is 9.32. The lowest BCUT2D eigenvalue weighted by molar-refractivity contribution is 0.0490. The van der Waals surface area contributed by atoms with E-state index in [1.54, 1.807) is 0 Å². The van der Waals surface area contributed by atoms with Gasteiger partial charge in [0.15, 0.2) is 5.65 Å². The number of fused-ring (bicyclic) bond motifs is 1. The highest BCUT2D eigenvalue weighted by molar-refractivity contribution is 5.68. The summed E-state index contributed by atoms with van der Waals surface area (Å²) in [5.41, 5.74) is 0.299. The highest BCUT2D eigenvalue weighted by Crippen LogP contribution is 2.32. The Kier molecular flexibility index (Phi) is 5.34. The van der Waals surface area contributed by atoms with E-state index in [0.717, 1.165) is 42.9 Å². The second-order valence-electron chi connectivity index (χ2n) is 7.79. The third-order valence-corrected chi connectivity index (χ3v) is 4.48. The maximum Gasteiger partial charge on any atom is 0.407 e. The Morgan fingerprint density at radius 1 is 1.35 bits per heavy atom. The molecule has 0 spiro atoms. The van der Waals surface area contributed by atoms with E-state index in [9.17, 15) is 4.79 Å². The van der Waals surface area contributed by atoms with Crippen LogP contribution in [0.4, 0.5) is 4.79 Å². The zero-order chi connectivity index (χ0) is 18.7. The highest BCUT2D eigenvalue weighted by Gasteiger charge is 2.29. The molecule has 1 amide bonds. The highest BCUT2D eigenvalue weighted by atomic mass is 16.6. The molecule has 7 heteroatoms. The Bertz CT molecular complexity index is 766. The van der Waals surface area contributed by atoms with E-state index in [2.05, 4.69) is 15.5 Å². The number of pyridine rings is 1. The third-order valence-electron chi connectivity index (χ3n) is 4.48. The summed E-state index contributed by atoms with van der Waals surface area (Å²) in [5, 5.41) is 11.7. The summed E-state index contributed by atoms with van der Waals surface area (Å²) < 4.78 is 12.9. The largest absolute Gasteiger partial charge is 0.494 e. The number of nitrogens with one attached hydrogen (secondary N) is 1. The zero-order valence-electron chi connectivity index (χ0n) is 16.0. The van der Waals surface area contributed by atoms with Crippen LogP contribution in [-0.4, -0.2) is 38.9 Å². The monoisotopic (exact) mass is 360 g/mol. The number of amides is 1. The van der Waals surface area contributed by atoms with Crippen LogP contribution in [0.15, 0.2) is 18.3 Å². The fourth-order valence-electron chi connectivity index (χ4n) is 3.46. The van der Waals surface area contributed by atoms with E-state index in [4.69, 9.17) is 9.47 Å². The van der Waals surface area contributed by atoms with Crippen LogP contribution in [0.5, 0.6) is 5.75 Å². The fraction of sp³-hybridized carbons (Fsp3) is 0.632. The molecule has 0 bridgehead atoms. The quantitative estimate of drug-likeness (QED) is 0.900. The van der Waals surface area contributed by atoms with E-state index in [0.29, 0.717) is 6.61 Å². The maximum absolute atomic E-state index is 12.1. The minimum Gasteiger partial charge on any atom is -0.494 e. The SMILES string of the molecule is CCOc1ccn2c([C@H]3CCC[C@@H](NC(=O)OC(C)(C)C)C3)nnc2c1. The number of ether oxygens (including phenoxy) is 2. The molecule has 2 atom stereocenters. The van der Waals surface area contributed by atoms with E-state index in [-0.39, 0.29) is 18.1 Å². The van der Waals surface area contributed by atoms with Crippen LogP contribution in [0.2, 0.25) is 0 Å². The van der Waals surface area contributed by atoms with Crippen LogP contribution in [0, 0.1) is 0 Å². The van der Waals surface area contributed by atoms with Crippen molar-refractivity contribution in [3.8, 4) is 5.75 Å². The van der Waals surface area contributed by atoms with Crippen molar-refractivity contribution in [3.05, 3.63) is 24.2 Å². The van der Waals surface area contributed by atoms with Gasteiger partial charge in [0.1, 0.15) is 17.2 Å². The predicted octanol–water partition coefficient (Wildman–Crippen LogP) is 3.68. The van der Waals surface area contributed by atoms with Gasteiger partial charge in [-0.1, -0.05) is 6.42 Å². The van der Waals surface area contributed by atoms with Crippen molar-refractivity contribution < 1.29 is 14.3 Å². The topological polar surface area (TPSA) is 77.8 Å². The van der Waals surface area contributed by atoms with Gasteiger partial charge in [0.05, 0.1) is 6.61 Å². The normalized spacial score (nSPS) is 20.8. The Morgan fingerprint density at radius 2 is 2.15 bits per heavy atom. The molecular weight excluding hydrogens is 332 g/mol. The number of carbonyl (C=O) groups excluding carboxylic acids is 1. The van der Waals surface area contributed by atoms with Crippen LogP contribution >= 0.6 is 0 Å².